The van der Waals surface area contributed by atoms with E-state index in [0.29, 0.717) is 12.2 Å². The molecule has 136 valence electrons. The van der Waals surface area contributed by atoms with Gasteiger partial charge in [0.2, 0.25) is 5.28 Å². The summed E-state index contributed by atoms with van der Waals surface area (Å²) in [4.78, 5) is 5.16. The zero-order chi connectivity index (χ0) is 18.7. The van der Waals surface area contributed by atoms with Crippen LogP contribution in [0.25, 0.3) is 5.52 Å². The number of anilines is 1. The van der Waals surface area contributed by atoms with Crippen LogP contribution in [0.5, 0.6) is 0 Å². The van der Waals surface area contributed by atoms with E-state index in [4.69, 9.17) is 17.3 Å². The minimum Gasteiger partial charge on any atom is -0.363 e. The lowest BCUT2D eigenvalue weighted by Crippen LogP contribution is -2.25. The molecule has 0 aliphatic rings. The van der Waals surface area contributed by atoms with Crippen molar-refractivity contribution in [2.24, 2.45) is 5.73 Å². The van der Waals surface area contributed by atoms with Crippen LogP contribution < -0.4 is 11.1 Å². The minimum absolute atomic E-state index is 0.00229. The van der Waals surface area contributed by atoms with E-state index in [1.54, 1.807) is 18.3 Å². The van der Waals surface area contributed by atoms with Gasteiger partial charge in [-0.15, -0.1) is 16.4 Å². The van der Waals surface area contributed by atoms with Crippen LogP contribution >= 0.6 is 22.9 Å². The van der Waals surface area contributed by atoms with Crippen LogP contribution in [-0.2, 0) is 13.0 Å². The Balaban J connectivity index is 2.13. The lowest BCUT2D eigenvalue weighted by atomic mass is 10.1. The SMILES string of the molecule is CC#Cc1c(C[C@@H](N)CF)c(F)c2c(NCc3cccs3)nc(Cl)nn12. The predicted molar refractivity (Wildman–Crippen MR) is 99.8 cm³/mol. The van der Waals surface area contributed by atoms with E-state index in [1.165, 1.54) is 4.52 Å². The van der Waals surface area contributed by atoms with Crippen molar-refractivity contribution in [1.82, 2.24) is 14.6 Å². The fourth-order valence-corrected chi connectivity index (χ4v) is 3.40. The summed E-state index contributed by atoms with van der Waals surface area (Å²) >= 11 is 7.58. The van der Waals surface area contributed by atoms with Gasteiger partial charge in [0.1, 0.15) is 17.9 Å². The highest BCUT2D eigenvalue weighted by Gasteiger charge is 2.24. The minimum atomic E-state index is -0.828. The van der Waals surface area contributed by atoms with E-state index in [2.05, 4.69) is 27.2 Å². The summed E-state index contributed by atoms with van der Waals surface area (Å²) in [6.45, 7) is 1.31. The Morgan fingerprint density at radius 3 is 2.96 bits per heavy atom. The van der Waals surface area contributed by atoms with Crippen LogP contribution in [0.4, 0.5) is 14.6 Å². The smallest absolute Gasteiger partial charge is 0.243 e. The average Bonchev–Trinajstić information content (AvgIpc) is 3.22. The molecular weight excluding hydrogens is 380 g/mol. The van der Waals surface area contributed by atoms with Crippen molar-refractivity contribution in [1.29, 1.82) is 0 Å². The number of alkyl halides is 1. The van der Waals surface area contributed by atoms with Crippen LogP contribution in [0.2, 0.25) is 5.28 Å². The van der Waals surface area contributed by atoms with E-state index in [-0.39, 0.29) is 28.6 Å². The van der Waals surface area contributed by atoms with Gasteiger partial charge in [0, 0.05) is 16.5 Å². The topological polar surface area (TPSA) is 68.2 Å². The van der Waals surface area contributed by atoms with Gasteiger partial charge in [0.25, 0.3) is 0 Å². The maximum absolute atomic E-state index is 15.1. The monoisotopic (exact) mass is 395 g/mol. The van der Waals surface area contributed by atoms with Crippen LogP contribution in [0, 0.1) is 17.7 Å². The second kappa shape index (κ2) is 7.99. The van der Waals surface area contributed by atoms with Gasteiger partial charge in [-0.3, -0.25) is 0 Å². The molecule has 3 heterocycles. The van der Waals surface area contributed by atoms with Gasteiger partial charge in [0.05, 0.1) is 6.54 Å². The van der Waals surface area contributed by atoms with E-state index in [9.17, 15) is 4.39 Å². The Hall–Kier alpha value is -2.21. The molecule has 5 nitrogen and oxygen atoms in total. The first-order valence-electron chi connectivity index (χ1n) is 7.82. The fraction of sp³-hybridized carbons (Fsp3) is 0.294. The summed E-state index contributed by atoms with van der Waals surface area (Å²) in [5.74, 6) is 5.21. The number of nitrogens with zero attached hydrogens (tertiary/aromatic N) is 3. The summed E-state index contributed by atoms with van der Waals surface area (Å²) in [7, 11) is 0. The summed E-state index contributed by atoms with van der Waals surface area (Å²) in [6.07, 6.45) is -0.00229. The molecular formula is C17H16ClF2N5S. The van der Waals surface area contributed by atoms with Crippen LogP contribution in [0.3, 0.4) is 0 Å². The number of halogens is 3. The van der Waals surface area contributed by atoms with Crippen LogP contribution in [0.1, 0.15) is 23.1 Å². The van der Waals surface area contributed by atoms with Crippen molar-refractivity contribution in [2.45, 2.75) is 25.9 Å². The zero-order valence-corrected chi connectivity index (χ0v) is 15.5. The van der Waals surface area contributed by atoms with E-state index in [1.807, 2.05) is 17.5 Å². The molecule has 3 aromatic heterocycles. The number of rotatable bonds is 6. The molecule has 0 radical (unpaired) electrons. The van der Waals surface area contributed by atoms with Crippen molar-refractivity contribution < 1.29 is 8.78 Å². The van der Waals surface area contributed by atoms with E-state index < -0.39 is 18.5 Å². The average molecular weight is 396 g/mol. The van der Waals surface area contributed by atoms with Gasteiger partial charge in [-0.2, -0.15) is 4.98 Å². The van der Waals surface area contributed by atoms with Crippen molar-refractivity contribution in [2.75, 3.05) is 12.0 Å². The molecule has 3 aromatic rings. The number of nitrogens with one attached hydrogen (secondary N) is 1. The molecule has 0 unspecified atom stereocenters. The molecule has 0 aliphatic carbocycles. The van der Waals surface area contributed by atoms with Crippen molar-refractivity contribution in [3.8, 4) is 11.8 Å². The van der Waals surface area contributed by atoms with Crippen molar-refractivity contribution in [3.05, 3.63) is 44.7 Å². The maximum atomic E-state index is 15.1. The fourth-order valence-electron chi connectivity index (χ4n) is 2.59. The standard InChI is InChI=1S/C17H16ClF2N5S/c1-2-4-13-12(7-10(21)8-19)14(20)15-16(23-17(18)24-25(13)15)22-9-11-5-3-6-26-11/h3,5-6,10H,7-9,21H2,1H3,(H,22,23,24)/t10-/m1/s1. The number of aromatic nitrogens is 3. The predicted octanol–water partition coefficient (Wildman–Crippen LogP) is 3.41. The molecule has 0 saturated heterocycles. The van der Waals surface area contributed by atoms with Gasteiger partial charge < -0.3 is 11.1 Å². The Morgan fingerprint density at radius 2 is 2.31 bits per heavy atom. The Kier molecular flexibility index (Phi) is 5.71. The summed E-state index contributed by atoms with van der Waals surface area (Å²) in [6, 6.07) is 3.05. The van der Waals surface area contributed by atoms with Gasteiger partial charge in [-0.05, 0) is 42.3 Å². The van der Waals surface area contributed by atoms with Gasteiger partial charge in [0.15, 0.2) is 11.6 Å². The third-order valence-electron chi connectivity index (χ3n) is 3.71. The number of hydrogen-bond donors (Lipinski definition) is 2. The first kappa shape index (κ1) is 18.6. The molecule has 0 aliphatic heterocycles. The normalized spacial score (nSPS) is 12.0. The quantitative estimate of drug-likeness (QED) is 0.628. The van der Waals surface area contributed by atoms with Gasteiger partial charge in [-0.25, -0.2) is 13.3 Å². The second-order valence-corrected chi connectivity index (χ2v) is 6.93. The molecule has 0 aromatic carbocycles. The number of hydrogen-bond acceptors (Lipinski definition) is 5. The van der Waals surface area contributed by atoms with Crippen LogP contribution in [0.15, 0.2) is 17.5 Å². The third kappa shape index (κ3) is 3.65. The number of fused-ring (bicyclic) bond motifs is 1. The lowest BCUT2D eigenvalue weighted by molar-refractivity contribution is 0.424. The molecule has 0 spiro atoms. The molecule has 0 bridgehead atoms. The van der Waals surface area contributed by atoms with Gasteiger partial charge >= 0.3 is 0 Å². The Bertz CT molecular complexity index is 975. The molecule has 3 N–H and O–H groups in total. The largest absolute Gasteiger partial charge is 0.363 e. The highest BCUT2D eigenvalue weighted by Crippen LogP contribution is 2.28. The molecule has 3 rings (SSSR count). The number of nitrogens with two attached hydrogens (primary N) is 1. The molecule has 0 saturated carbocycles. The Labute approximate surface area is 158 Å². The Morgan fingerprint density at radius 1 is 1.50 bits per heavy atom. The lowest BCUT2D eigenvalue weighted by Gasteiger charge is -2.07. The summed E-state index contributed by atoms with van der Waals surface area (Å²) < 4.78 is 29.3. The first-order chi connectivity index (χ1) is 12.5. The third-order valence-corrected chi connectivity index (χ3v) is 4.75. The van der Waals surface area contributed by atoms with Crippen molar-refractivity contribution >= 4 is 34.3 Å². The second-order valence-electron chi connectivity index (χ2n) is 5.56. The van der Waals surface area contributed by atoms with Crippen molar-refractivity contribution in [3.63, 3.8) is 0 Å². The number of thiophene rings is 1. The maximum Gasteiger partial charge on any atom is 0.243 e. The van der Waals surface area contributed by atoms with Gasteiger partial charge in [-0.1, -0.05) is 12.0 Å². The molecule has 9 heteroatoms. The molecule has 0 amide bonds. The van der Waals surface area contributed by atoms with E-state index >= 15 is 4.39 Å². The summed E-state index contributed by atoms with van der Waals surface area (Å²) in [5.41, 5.74) is 6.30. The van der Waals surface area contributed by atoms with Crippen LogP contribution in [-0.4, -0.2) is 27.3 Å². The molecule has 26 heavy (non-hydrogen) atoms. The highest BCUT2D eigenvalue weighted by molar-refractivity contribution is 7.09. The zero-order valence-electron chi connectivity index (χ0n) is 13.9. The molecule has 1 atom stereocenters. The van der Waals surface area contributed by atoms with E-state index in [0.717, 1.165) is 4.88 Å². The first-order valence-corrected chi connectivity index (χ1v) is 9.08. The summed E-state index contributed by atoms with van der Waals surface area (Å²) in [5, 5.41) is 9.05. The molecule has 0 fully saturated rings. The highest BCUT2D eigenvalue weighted by atomic mass is 35.5.